The third-order valence-electron chi connectivity index (χ3n) is 5.10. The van der Waals surface area contributed by atoms with Crippen molar-refractivity contribution >= 4 is 5.71 Å². The fourth-order valence-electron chi connectivity index (χ4n) is 3.52. The van der Waals surface area contributed by atoms with E-state index in [4.69, 9.17) is 4.74 Å². The van der Waals surface area contributed by atoms with Crippen molar-refractivity contribution < 1.29 is 9.84 Å². The first-order valence-electron chi connectivity index (χ1n) is 10.0. The van der Waals surface area contributed by atoms with E-state index in [0.29, 0.717) is 24.4 Å². The van der Waals surface area contributed by atoms with Gasteiger partial charge in [-0.05, 0) is 31.4 Å². The number of morpholine rings is 1. The van der Waals surface area contributed by atoms with Crippen LogP contribution < -0.4 is 11.2 Å². The maximum Gasteiger partial charge on any atom is 0.335 e. The molecule has 0 atom stereocenters. The van der Waals surface area contributed by atoms with Gasteiger partial charge in [0.25, 0.3) is 5.56 Å². The molecule has 1 saturated heterocycles. The molecule has 8 nitrogen and oxygen atoms in total. The van der Waals surface area contributed by atoms with Gasteiger partial charge >= 0.3 is 5.69 Å². The van der Waals surface area contributed by atoms with Crippen LogP contribution in [0.25, 0.3) is 5.69 Å². The zero-order valence-corrected chi connectivity index (χ0v) is 17.0. The van der Waals surface area contributed by atoms with Crippen LogP contribution in [-0.2, 0) is 4.74 Å². The first-order valence-corrected chi connectivity index (χ1v) is 10.0. The lowest BCUT2D eigenvalue weighted by Gasteiger charge is -2.26. The molecule has 2 N–H and O–H groups in total. The van der Waals surface area contributed by atoms with Gasteiger partial charge in [0.15, 0.2) is 0 Å². The highest BCUT2D eigenvalue weighted by Crippen LogP contribution is 2.20. The second kappa shape index (κ2) is 9.67. The van der Waals surface area contributed by atoms with Crippen molar-refractivity contribution in [3.8, 4) is 11.6 Å². The van der Waals surface area contributed by atoms with Gasteiger partial charge in [0, 0.05) is 26.2 Å². The van der Waals surface area contributed by atoms with Crippen LogP contribution >= 0.6 is 0 Å². The minimum atomic E-state index is -0.673. The van der Waals surface area contributed by atoms with Crippen molar-refractivity contribution in [1.29, 1.82) is 0 Å². The molecule has 0 bridgehead atoms. The van der Waals surface area contributed by atoms with Crippen LogP contribution in [0.5, 0.6) is 5.88 Å². The molecule has 1 aliphatic heterocycles. The minimum Gasteiger partial charge on any atom is -0.493 e. The fourth-order valence-corrected chi connectivity index (χ4v) is 3.52. The number of H-pyrrole nitrogens is 1. The Morgan fingerprint density at radius 1 is 1.24 bits per heavy atom. The molecule has 8 heteroatoms. The van der Waals surface area contributed by atoms with E-state index in [-0.39, 0.29) is 11.4 Å². The number of aromatic hydroxyl groups is 1. The first-order chi connectivity index (χ1) is 14.0. The topological polar surface area (TPSA) is 99.9 Å². The maximum atomic E-state index is 12.5. The molecule has 0 saturated carbocycles. The predicted molar refractivity (Wildman–Crippen MR) is 113 cm³/mol. The summed E-state index contributed by atoms with van der Waals surface area (Å²) in [4.78, 5) is 34.1. The zero-order valence-electron chi connectivity index (χ0n) is 17.0. The van der Waals surface area contributed by atoms with Gasteiger partial charge in [-0.15, -0.1) is 0 Å². The Morgan fingerprint density at radius 2 is 1.97 bits per heavy atom. The lowest BCUT2D eigenvalue weighted by Crippen LogP contribution is -2.37. The van der Waals surface area contributed by atoms with Gasteiger partial charge in [-0.2, -0.15) is 0 Å². The third kappa shape index (κ3) is 4.83. The third-order valence-corrected chi connectivity index (χ3v) is 5.10. The van der Waals surface area contributed by atoms with Gasteiger partial charge in [-0.25, -0.2) is 9.36 Å². The number of para-hydroxylation sites is 1. The van der Waals surface area contributed by atoms with Crippen molar-refractivity contribution in [3.05, 3.63) is 56.2 Å². The lowest BCUT2D eigenvalue weighted by atomic mass is 10.1. The quantitative estimate of drug-likeness (QED) is 0.541. The van der Waals surface area contributed by atoms with Crippen LogP contribution in [0.1, 0.15) is 30.9 Å². The second-order valence-electron chi connectivity index (χ2n) is 7.07. The highest BCUT2D eigenvalue weighted by Gasteiger charge is 2.20. The van der Waals surface area contributed by atoms with Gasteiger partial charge in [-0.1, -0.05) is 25.1 Å². The highest BCUT2D eigenvalue weighted by atomic mass is 16.5. The van der Waals surface area contributed by atoms with Gasteiger partial charge in [0.05, 0.1) is 24.6 Å². The molecule has 0 spiro atoms. The summed E-state index contributed by atoms with van der Waals surface area (Å²) in [6.07, 6.45) is 1.32. The number of aryl methyl sites for hydroxylation is 1. The normalized spacial score (nSPS) is 15.6. The van der Waals surface area contributed by atoms with Crippen LogP contribution in [0.15, 0.2) is 38.8 Å². The van der Waals surface area contributed by atoms with Crippen LogP contribution in [0, 0.1) is 6.92 Å². The summed E-state index contributed by atoms with van der Waals surface area (Å²) in [5.74, 6) is -0.373. The Hall–Kier alpha value is -2.71. The number of benzene rings is 1. The van der Waals surface area contributed by atoms with E-state index in [1.54, 1.807) is 12.1 Å². The number of rotatable bonds is 7. The number of aromatic amines is 1. The molecule has 0 aliphatic carbocycles. The molecule has 29 heavy (non-hydrogen) atoms. The largest absolute Gasteiger partial charge is 0.493 e. The standard InChI is InChI=1S/C21H28N4O4/c1-3-16(22-9-6-10-24-11-13-29-14-12-24)18-19(26)23-21(28)25(20(18)27)17-8-5-4-7-15(17)2/h4-5,7-8,27H,3,6,9-14H2,1-2H3,(H,23,26,28). The monoisotopic (exact) mass is 400 g/mol. The fraction of sp³-hybridized carbons (Fsp3) is 0.476. The first kappa shape index (κ1) is 21.0. The van der Waals surface area contributed by atoms with Crippen molar-refractivity contribution in [1.82, 2.24) is 14.5 Å². The predicted octanol–water partition coefficient (Wildman–Crippen LogP) is 1.46. The van der Waals surface area contributed by atoms with E-state index >= 15 is 0 Å². The highest BCUT2D eigenvalue weighted by molar-refractivity contribution is 6.02. The summed E-state index contributed by atoms with van der Waals surface area (Å²) in [6, 6.07) is 7.19. The van der Waals surface area contributed by atoms with E-state index < -0.39 is 11.2 Å². The van der Waals surface area contributed by atoms with E-state index in [1.807, 2.05) is 26.0 Å². The van der Waals surface area contributed by atoms with Gasteiger partial charge < -0.3 is 9.84 Å². The molecule has 1 aromatic heterocycles. The second-order valence-corrected chi connectivity index (χ2v) is 7.07. The van der Waals surface area contributed by atoms with Crippen molar-refractivity contribution in [3.63, 3.8) is 0 Å². The summed E-state index contributed by atoms with van der Waals surface area (Å²) in [5.41, 5.74) is 0.591. The summed E-state index contributed by atoms with van der Waals surface area (Å²) in [5, 5.41) is 10.8. The number of ether oxygens (including phenoxy) is 1. The molecule has 3 rings (SSSR count). The van der Waals surface area contributed by atoms with Gasteiger partial charge in [0.1, 0.15) is 5.56 Å². The summed E-state index contributed by atoms with van der Waals surface area (Å²) < 4.78 is 6.48. The summed E-state index contributed by atoms with van der Waals surface area (Å²) in [6.45, 7) is 8.53. The van der Waals surface area contributed by atoms with Gasteiger partial charge in [0.2, 0.25) is 5.88 Å². The lowest BCUT2D eigenvalue weighted by molar-refractivity contribution is 0.0377. The summed E-state index contributed by atoms with van der Waals surface area (Å²) >= 11 is 0. The maximum absolute atomic E-state index is 12.5. The Morgan fingerprint density at radius 3 is 2.66 bits per heavy atom. The van der Waals surface area contributed by atoms with Crippen LogP contribution in [-0.4, -0.2) is 64.7 Å². The molecule has 156 valence electrons. The Kier molecular flexibility index (Phi) is 7.00. The minimum absolute atomic E-state index is 0.0572. The van der Waals surface area contributed by atoms with Crippen LogP contribution in [0.3, 0.4) is 0 Å². The molecule has 1 aromatic carbocycles. The van der Waals surface area contributed by atoms with Crippen LogP contribution in [0.2, 0.25) is 0 Å². The van der Waals surface area contributed by atoms with E-state index in [2.05, 4.69) is 14.9 Å². The van der Waals surface area contributed by atoms with Crippen molar-refractivity contribution in [2.45, 2.75) is 26.7 Å². The molecule has 0 amide bonds. The van der Waals surface area contributed by atoms with E-state index in [9.17, 15) is 14.7 Å². The van der Waals surface area contributed by atoms with Crippen molar-refractivity contribution in [2.24, 2.45) is 4.99 Å². The molecule has 0 radical (unpaired) electrons. The Labute approximate surface area is 169 Å². The van der Waals surface area contributed by atoms with E-state index in [1.165, 1.54) is 0 Å². The number of aromatic nitrogens is 2. The molecule has 0 unspecified atom stereocenters. The number of nitrogens with one attached hydrogen (secondary N) is 1. The molecule has 1 fully saturated rings. The SMILES string of the molecule is CCC(=NCCCN1CCOCC1)c1c(O)n(-c2ccccc2C)c(=O)[nH]c1=O. The molecular formula is C21H28N4O4. The Balaban J connectivity index is 1.87. The average molecular weight is 400 g/mol. The van der Waals surface area contributed by atoms with E-state index in [0.717, 1.165) is 49.4 Å². The smallest absolute Gasteiger partial charge is 0.335 e. The number of aliphatic imine (C=N–C) groups is 1. The number of hydrogen-bond acceptors (Lipinski definition) is 6. The molecule has 2 heterocycles. The average Bonchev–Trinajstić information content (AvgIpc) is 2.71. The molecular weight excluding hydrogens is 372 g/mol. The Bertz CT molecular complexity index is 987. The van der Waals surface area contributed by atoms with Crippen molar-refractivity contribution in [2.75, 3.05) is 39.4 Å². The molecule has 1 aliphatic rings. The zero-order chi connectivity index (χ0) is 20.8. The molecule has 2 aromatic rings. The van der Waals surface area contributed by atoms with Crippen LogP contribution in [0.4, 0.5) is 0 Å². The number of hydrogen-bond donors (Lipinski definition) is 2. The van der Waals surface area contributed by atoms with Gasteiger partial charge in [-0.3, -0.25) is 19.7 Å². The summed E-state index contributed by atoms with van der Waals surface area (Å²) in [7, 11) is 0. The number of nitrogens with zero attached hydrogens (tertiary/aromatic N) is 3.